The Hall–Kier alpha value is -1.78. The molecule has 9 heteroatoms. The third-order valence-corrected chi connectivity index (χ3v) is 9.31. The summed E-state index contributed by atoms with van der Waals surface area (Å²) in [6.07, 6.45) is 1.84. The smallest absolute Gasteiger partial charge is 0.253 e. The van der Waals surface area contributed by atoms with E-state index in [0.29, 0.717) is 31.9 Å². The molecule has 0 N–H and O–H groups in total. The van der Waals surface area contributed by atoms with Crippen LogP contribution in [-0.4, -0.2) is 88.0 Å². The molecule has 4 rings (SSSR count). The quantitative estimate of drug-likeness (QED) is 0.662. The Morgan fingerprint density at radius 2 is 1.78 bits per heavy atom. The van der Waals surface area contributed by atoms with Crippen molar-refractivity contribution < 1.29 is 17.9 Å². The van der Waals surface area contributed by atoms with Gasteiger partial charge in [-0.05, 0) is 80.7 Å². The zero-order chi connectivity index (χ0) is 22.9. The Balaban J connectivity index is 1.71. The Labute approximate surface area is 194 Å². The number of benzene rings is 1. The molecule has 174 valence electrons. The van der Waals surface area contributed by atoms with Gasteiger partial charge in [-0.3, -0.25) is 4.79 Å². The molecule has 32 heavy (non-hydrogen) atoms. The number of piperidine rings is 1. The number of likely N-dealkylation sites (tertiary alicyclic amines) is 1. The lowest BCUT2D eigenvalue weighted by atomic mass is 10.0. The molecule has 2 aliphatic rings. The van der Waals surface area contributed by atoms with Crippen LogP contribution < -0.4 is 0 Å². The summed E-state index contributed by atoms with van der Waals surface area (Å²) in [5.41, 5.74) is 2.29. The van der Waals surface area contributed by atoms with E-state index in [1.807, 2.05) is 31.5 Å². The molecule has 1 amide bonds. The van der Waals surface area contributed by atoms with Gasteiger partial charge in [-0.1, -0.05) is 0 Å². The molecule has 0 radical (unpaired) electrons. The van der Waals surface area contributed by atoms with Crippen LogP contribution in [-0.2, 0) is 14.8 Å². The summed E-state index contributed by atoms with van der Waals surface area (Å²) in [6.45, 7) is 5.32. The monoisotopic (exact) mass is 477 g/mol. The zero-order valence-corrected chi connectivity index (χ0v) is 20.5. The predicted octanol–water partition coefficient (Wildman–Crippen LogP) is 2.91. The minimum atomic E-state index is -3.72. The van der Waals surface area contributed by atoms with Crippen LogP contribution in [0.5, 0.6) is 0 Å². The number of morpholine rings is 1. The molecule has 0 unspecified atom stereocenters. The molecule has 0 spiro atoms. The summed E-state index contributed by atoms with van der Waals surface area (Å²) < 4.78 is 33.6. The van der Waals surface area contributed by atoms with E-state index in [-0.39, 0.29) is 16.8 Å². The van der Waals surface area contributed by atoms with Gasteiger partial charge in [0.1, 0.15) is 0 Å². The SMILES string of the molecule is Cc1csc(-c2cc(C(=O)N(C)C3CCN(C)CC3)cc(S(=O)(=O)N3CCOCC3)c2)c1. The summed E-state index contributed by atoms with van der Waals surface area (Å²) >= 11 is 1.56. The van der Waals surface area contributed by atoms with Gasteiger partial charge in [-0.2, -0.15) is 4.31 Å². The van der Waals surface area contributed by atoms with Gasteiger partial charge in [0.05, 0.1) is 18.1 Å². The van der Waals surface area contributed by atoms with Crippen molar-refractivity contribution in [1.29, 1.82) is 0 Å². The van der Waals surface area contributed by atoms with Crippen molar-refractivity contribution in [1.82, 2.24) is 14.1 Å². The molecule has 0 aliphatic carbocycles. The molecule has 0 saturated carbocycles. The molecule has 0 bridgehead atoms. The number of sulfonamides is 1. The first-order valence-corrected chi connectivity index (χ1v) is 13.3. The molecule has 2 fully saturated rings. The van der Waals surface area contributed by atoms with E-state index >= 15 is 0 Å². The highest BCUT2D eigenvalue weighted by molar-refractivity contribution is 7.89. The fourth-order valence-corrected chi connectivity index (χ4v) is 6.65. The fourth-order valence-electron chi connectivity index (χ4n) is 4.28. The number of rotatable bonds is 5. The van der Waals surface area contributed by atoms with Crippen LogP contribution in [0.1, 0.15) is 28.8 Å². The third kappa shape index (κ3) is 4.92. The van der Waals surface area contributed by atoms with Crippen LogP contribution in [0.2, 0.25) is 0 Å². The average Bonchev–Trinajstić information content (AvgIpc) is 3.25. The van der Waals surface area contributed by atoms with E-state index in [1.165, 1.54) is 4.31 Å². The lowest BCUT2D eigenvalue weighted by molar-refractivity contribution is 0.0659. The van der Waals surface area contributed by atoms with Crippen molar-refractivity contribution >= 4 is 27.3 Å². The van der Waals surface area contributed by atoms with Crippen LogP contribution in [0.4, 0.5) is 0 Å². The summed E-state index contributed by atoms with van der Waals surface area (Å²) in [5, 5.41) is 2.03. The average molecular weight is 478 g/mol. The lowest BCUT2D eigenvalue weighted by Gasteiger charge is -2.35. The second-order valence-corrected chi connectivity index (χ2v) is 11.6. The van der Waals surface area contributed by atoms with Crippen molar-refractivity contribution in [2.45, 2.75) is 30.7 Å². The van der Waals surface area contributed by atoms with Gasteiger partial charge in [-0.15, -0.1) is 11.3 Å². The first kappa shape index (κ1) is 23.4. The standard InChI is InChI=1S/C23H31N3O4S2/c1-17-12-22(31-16-17)18-13-19(23(27)25(3)20-4-6-24(2)7-5-20)15-21(14-18)32(28,29)26-8-10-30-11-9-26/h12-16,20H,4-11H2,1-3H3. The number of aryl methyl sites for hydroxylation is 1. The van der Waals surface area contributed by atoms with Gasteiger partial charge in [0.15, 0.2) is 0 Å². The lowest BCUT2D eigenvalue weighted by Crippen LogP contribution is -2.44. The van der Waals surface area contributed by atoms with E-state index in [9.17, 15) is 13.2 Å². The maximum Gasteiger partial charge on any atom is 0.253 e. The minimum absolute atomic E-state index is 0.131. The van der Waals surface area contributed by atoms with Crippen LogP contribution >= 0.6 is 11.3 Å². The van der Waals surface area contributed by atoms with E-state index in [0.717, 1.165) is 41.9 Å². The second kappa shape index (κ2) is 9.61. The van der Waals surface area contributed by atoms with E-state index < -0.39 is 10.0 Å². The number of hydrogen-bond acceptors (Lipinski definition) is 6. The summed E-state index contributed by atoms with van der Waals surface area (Å²) in [4.78, 5) is 18.6. The Morgan fingerprint density at radius 1 is 1.09 bits per heavy atom. The molecule has 1 aromatic heterocycles. The number of hydrogen-bond donors (Lipinski definition) is 0. The highest BCUT2D eigenvalue weighted by Crippen LogP contribution is 2.32. The Bertz CT molecular complexity index is 1070. The number of thiophene rings is 1. The van der Waals surface area contributed by atoms with Crippen LogP contribution in [0, 0.1) is 6.92 Å². The number of carbonyl (C=O) groups is 1. The number of amides is 1. The molecule has 2 aliphatic heterocycles. The molecular formula is C23H31N3O4S2. The first-order chi connectivity index (χ1) is 15.3. The van der Waals surface area contributed by atoms with Gasteiger partial charge in [0.2, 0.25) is 10.0 Å². The van der Waals surface area contributed by atoms with Gasteiger partial charge in [0.25, 0.3) is 5.91 Å². The number of nitrogens with zero attached hydrogens (tertiary/aromatic N) is 3. The van der Waals surface area contributed by atoms with Crippen LogP contribution in [0.15, 0.2) is 34.5 Å². The molecule has 1 aromatic carbocycles. The van der Waals surface area contributed by atoms with Crippen molar-refractivity contribution in [3.63, 3.8) is 0 Å². The summed E-state index contributed by atoms with van der Waals surface area (Å²) in [5.74, 6) is -0.131. The van der Waals surface area contributed by atoms with Crippen LogP contribution in [0.25, 0.3) is 10.4 Å². The number of carbonyl (C=O) groups excluding carboxylic acids is 1. The third-order valence-electron chi connectivity index (χ3n) is 6.33. The largest absolute Gasteiger partial charge is 0.379 e. The minimum Gasteiger partial charge on any atom is -0.379 e. The molecular weight excluding hydrogens is 446 g/mol. The van der Waals surface area contributed by atoms with Crippen LogP contribution in [0.3, 0.4) is 0 Å². The highest BCUT2D eigenvalue weighted by Gasteiger charge is 2.30. The molecule has 7 nitrogen and oxygen atoms in total. The molecule has 2 aromatic rings. The molecule has 2 saturated heterocycles. The van der Waals surface area contributed by atoms with Crippen molar-refractivity contribution in [2.24, 2.45) is 0 Å². The maximum absolute atomic E-state index is 13.5. The topological polar surface area (TPSA) is 70.2 Å². The zero-order valence-electron chi connectivity index (χ0n) is 18.9. The summed E-state index contributed by atoms with van der Waals surface area (Å²) in [7, 11) is 0.201. The van der Waals surface area contributed by atoms with Gasteiger partial charge >= 0.3 is 0 Å². The molecule has 0 atom stereocenters. The fraction of sp³-hybridized carbons (Fsp3) is 0.522. The number of ether oxygens (including phenoxy) is 1. The predicted molar refractivity (Wildman–Crippen MR) is 127 cm³/mol. The van der Waals surface area contributed by atoms with E-state index in [4.69, 9.17) is 4.74 Å². The Kier molecular flexibility index (Phi) is 7.02. The van der Waals surface area contributed by atoms with Gasteiger partial charge in [-0.25, -0.2) is 8.42 Å². The maximum atomic E-state index is 13.5. The highest BCUT2D eigenvalue weighted by atomic mass is 32.2. The summed E-state index contributed by atoms with van der Waals surface area (Å²) in [6, 6.07) is 7.26. The first-order valence-electron chi connectivity index (χ1n) is 11.0. The van der Waals surface area contributed by atoms with Crippen molar-refractivity contribution in [3.8, 4) is 10.4 Å². The van der Waals surface area contributed by atoms with E-state index in [1.54, 1.807) is 28.4 Å². The van der Waals surface area contributed by atoms with Gasteiger partial charge < -0.3 is 14.5 Å². The Morgan fingerprint density at radius 3 is 2.41 bits per heavy atom. The van der Waals surface area contributed by atoms with Gasteiger partial charge in [0, 0.05) is 36.6 Å². The van der Waals surface area contributed by atoms with Crippen molar-refractivity contribution in [2.75, 3.05) is 53.5 Å². The molecule has 3 heterocycles. The van der Waals surface area contributed by atoms with E-state index in [2.05, 4.69) is 11.9 Å². The van der Waals surface area contributed by atoms with Crippen molar-refractivity contribution in [3.05, 3.63) is 40.8 Å². The normalized spacial score (nSPS) is 19.2. The second-order valence-electron chi connectivity index (χ2n) is 8.70.